The van der Waals surface area contributed by atoms with Gasteiger partial charge in [0.1, 0.15) is 0 Å². The van der Waals surface area contributed by atoms with Gasteiger partial charge in [-0.25, -0.2) is 0 Å². The molecule has 1 saturated heterocycles. The van der Waals surface area contributed by atoms with Crippen LogP contribution in [0.1, 0.15) is 40.5 Å². The molecule has 2 unspecified atom stereocenters. The molecule has 0 aromatic carbocycles. The minimum Gasteiger partial charge on any atom is -0.469 e. The summed E-state index contributed by atoms with van der Waals surface area (Å²) in [6, 6.07) is 0.408. The van der Waals surface area contributed by atoms with E-state index in [0.717, 1.165) is 32.6 Å². The van der Waals surface area contributed by atoms with E-state index in [1.165, 1.54) is 13.5 Å². The first-order valence-electron chi connectivity index (χ1n) is 7.95. The molecule has 1 N–H and O–H groups in total. The van der Waals surface area contributed by atoms with E-state index in [9.17, 15) is 4.79 Å². The summed E-state index contributed by atoms with van der Waals surface area (Å²) in [6.45, 7) is 12.9. The normalized spacial score (nSPS) is 24.4. The molecule has 0 aromatic heterocycles. The predicted molar refractivity (Wildman–Crippen MR) is 82.6 cm³/mol. The molecule has 0 bridgehead atoms. The number of carbonyl (C=O) groups excluding carboxylic acids is 1. The van der Waals surface area contributed by atoms with Crippen LogP contribution in [0.2, 0.25) is 0 Å². The van der Waals surface area contributed by atoms with E-state index in [-0.39, 0.29) is 11.9 Å². The number of hydrogen-bond donors (Lipinski definition) is 1. The highest BCUT2D eigenvalue weighted by Crippen LogP contribution is 2.19. The quantitative estimate of drug-likeness (QED) is 0.727. The fourth-order valence-corrected chi connectivity index (χ4v) is 2.92. The third-order valence-electron chi connectivity index (χ3n) is 3.84. The first kappa shape index (κ1) is 17.4. The van der Waals surface area contributed by atoms with Crippen LogP contribution < -0.4 is 5.32 Å². The zero-order valence-corrected chi connectivity index (χ0v) is 13.8. The Kier molecular flexibility index (Phi) is 7.52. The maximum Gasteiger partial charge on any atom is 0.310 e. The van der Waals surface area contributed by atoms with Crippen LogP contribution in [0.15, 0.2) is 0 Å². The monoisotopic (exact) mass is 284 g/mol. The fourth-order valence-electron chi connectivity index (χ4n) is 2.92. The van der Waals surface area contributed by atoms with Crippen molar-refractivity contribution < 1.29 is 9.53 Å². The Hall–Kier alpha value is -0.610. The summed E-state index contributed by atoms with van der Waals surface area (Å²) < 4.78 is 4.94. The van der Waals surface area contributed by atoms with Crippen molar-refractivity contribution in [2.45, 2.75) is 46.6 Å². The third-order valence-corrected chi connectivity index (χ3v) is 3.84. The largest absolute Gasteiger partial charge is 0.469 e. The van der Waals surface area contributed by atoms with Crippen molar-refractivity contribution in [3.8, 4) is 0 Å². The molecule has 2 atom stereocenters. The molecule has 118 valence electrons. The molecule has 0 spiro atoms. The Labute approximate surface area is 124 Å². The molecule has 20 heavy (non-hydrogen) atoms. The molecule has 4 nitrogen and oxygen atoms in total. The van der Waals surface area contributed by atoms with Gasteiger partial charge in [-0.15, -0.1) is 0 Å². The summed E-state index contributed by atoms with van der Waals surface area (Å²) in [7, 11) is 1.49. The number of methoxy groups -OCH3 is 1. The Morgan fingerprint density at radius 3 is 2.50 bits per heavy atom. The van der Waals surface area contributed by atoms with Crippen LogP contribution in [-0.2, 0) is 9.53 Å². The Bertz CT molecular complexity index is 292. The third kappa shape index (κ3) is 6.23. The van der Waals surface area contributed by atoms with Gasteiger partial charge in [-0.1, -0.05) is 27.7 Å². The summed E-state index contributed by atoms with van der Waals surface area (Å²) in [5, 5.41) is 3.62. The summed E-state index contributed by atoms with van der Waals surface area (Å²) in [5.41, 5.74) is 0. The van der Waals surface area contributed by atoms with E-state index in [2.05, 4.69) is 37.9 Å². The smallest absolute Gasteiger partial charge is 0.310 e. The van der Waals surface area contributed by atoms with Crippen LogP contribution in [0.25, 0.3) is 0 Å². The standard InChI is InChI=1S/C16H32N2O2/c1-12(2)6-7-17-15-8-14(16(19)20-5)10-18(11-15)9-13(3)4/h12-15,17H,6-11H2,1-5H3. The minimum absolute atomic E-state index is 0.0176. The number of piperidine rings is 1. The molecule has 1 heterocycles. The van der Waals surface area contributed by atoms with Gasteiger partial charge < -0.3 is 15.0 Å². The Balaban J connectivity index is 2.52. The molecule has 0 radical (unpaired) electrons. The molecule has 0 amide bonds. The van der Waals surface area contributed by atoms with Gasteiger partial charge in [0.25, 0.3) is 0 Å². The summed E-state index contributed by atoms with van der Waals surface area (Å²) >= 11 is 0. The van der Waals surface area contributed by atoms with Gasteiger partial charge in [0.15, 0.2) is 0 Å². The Morgan fingerprint density at radius 1 is 1.25 bits per heavy atom. The van der Waals surface area contributed by atoms with Gasteiger partial charge in [-0.2, -0.15) is 0 Å². The van der Waals surface area contributed by atoms with Crippen LogP contribution in [0.4, 0.5) is 0 Å². The first-order valence-corrected chi connectivity index (χ1v) is 7.95. The van der Waals surface area contributed by atoms with E-state index in [1.54, 1.807) is 0 Å². The molecule has 1 aliphatic heterocycles. The van der Waals surface area contributed by atoms with Gasteiger partial charge in [0.05, 0.1) is 13.0 Å². The second-order valence-electron chi connectivity index (χ2n) is 6.90. The van der Waals surface area contributed by atoms with Gasteiger partial charge in [-0.3, -0.25) is 4.79 Å². The topological polar surface area (TPSA) is 41.6 Å². The van der Waals surface area contributed by atoms with E-state index >= 15 is 0 Å². The lowest BCUT2D eigenvalue weighted by atomic mass is 9.93. The average molecular weight is 284 g/mol. The van der Waals surface area contributed by atoms with Crippen LogP contribution in [0.5, 0.6) is 0 Å². The maximum atomic E-state index is 11.8. The first-order chi connectivity index (χ1) is 9.42. The van der Waals surface area contributed by atoms with E-state index < -0.39 is 0 Å². The molecular formula is C16H32N2O2. The molecule has 4 heteroatoms. The van der Waals surface area contributed by atoms with Crippen molar-refractivity contribution in [2.75, 3.05) is 33.3 Å². The van der Waals surface area contributed by atoms with Crippen LogP contribution in [-0.4, -0.2) is 50.2 Å². The van der Waals surface area contributed by atoms with Gasteiger partial charge in [0.2, 0.25) is 0 Å². The van der Waals surface area contributed by atoms with Crippen molar-refractivity contribution in [1.82, 2.24) is 10.2 Å². The number of likely N-dealkylation sites (tertiary alicyclic amines) is 1. The number of esters is 1. The van der Waals surface area contributed by atoms with Crippen molar-refractivity contribution in [2.24, 2.45) is 17.8 Å². The van der Waals surface area contributed by atoms with Crippen molar-refractivity contribution in [1.29, 1.82) is 0 Å². The maximum absolute atomic E-state index is 11.8. The lowest BCUT2D eigenvalue weighted by Gasteiger charge is -2.38. The number of nitrogens with zero attached hydrogens (tertiary/aromatic N) is 1. The molecule has 1 rings (SSSR count). The predicted octanol–water partition coefficient (Wildman–Crippen LogP) is 2.14. The zero-order valence-electron chi connectivity index (χ0n) is 13.8. The average Bonchev–Trinajstić information content (AvgIpc) is 2.36. The molecule has 0 aromatic rings. The SMILES string of the molecule is COC(=O)C1CC(NCCC(C)C)CN(CC(C)C)C1. The van der Waals surface area contributed by atoms with Gasteiger partial charge in [0, 0.05) is 25.7 Å². The van der Waals surface area contributed by atoms with Crippen LogP contribution in [0, 0.1) is 17.8 Å². The van der Waals surface area contributed by atoms with Crippen LogP contribution >= 0.6 is 0 Å². The van der Waals surface area contributed by atoms with E-state index in [4.69, 9.17) is 4.74 Å². The van der Waals surface area contributed by atoms with Crippen LogP contribution in [0.3, 0.4) is 0 Å². The molecular weight excluding hydrogens is 252 g/mol. The Morgan fingerprint density at radius 2 is 1.95 bits per heavy atom. The zero-order chi connectivity index (χ0) is 15.1. The highest BCUT2D eigenvalue weighted by atomic mass is 16.5. The molecule has 0 aliphatic carbocycles. The van der Waals surface area contributed by atoms with Crippen molar-refractivity contribution in [3.05, 3.63) is 0 Å². The van der Waals surface area contributed by atoms with Gasteiger partial charge in [-0.05, 0) is 31.2 Å². The summed E-state index contributed by atoms with van der Waals surface area (Å²) in [5.74, 6) is 1.30. The number of nitrogens with one attached hydrogen (secondary N) is 1. The van der Waals surface area contributed by atoms with Crippen molar-refractivity contribution in [3.63, 3.8) is 0 Å². The highest BCUT2D eigenvalue weighted by Gasteiger charge is 2.32. The van der Waals surface area contributed by atoms with Gasteiger partial charge >= 0.3 is 5.97 Å². The fraction of sp³-hybridized carbons (Fsp3) is 0.938. The summed E-state index contributed by atoms with van der Waals surface area (Å²) in [6.07, 6.45) is 2.09. The number of ether oxygens (including phenoxy) is 1. The number of carbonyl (C=O) groups is 1. The summed E-state index contributed by atoms with van der Waals surface area (Å²) in [4.78, 5) is 14.3. The molecule has 0 saturated carbocycles. The lowest BCUT2D eigenvalue weighted by Crippen LogP contribution is -2.52. The second kappa shape index (κ2) is 8.63. The number of hydrogen-bond acceptors (Lipinski definition) is 4. The van der Waals surface area contributed by atoms with E-state index in [0.29, 0.717) is 17.9 Å². The molecule has 1 aliphatic rings. The van der Waals surface area contributed by atoms with Crippen molar-refractivity contribution >= 4 is 5.97 Å². The lowest BCUT2D eigenvalue weighted by molar-refractivity contribution is -0.147. The highest BCUT2D eigenvalue weighted by molar-refractivity contribution is 5.72. The minimum atomic E-state index is -0.0610. The second-order valence-corrected chi connectivity index (χ2v) is 6.90. The number of rotatable bonds is 7. The molecule has 1 fully saturated rings. The van der Waals surface area contributed by atoms with E-state index in [1.807, 2.05) is 0 Å².